The minimum Gasteiger partial charge on any atom is -0.309 e. The fraction of sp³-hybridized carbons (Fsp3) is 0.200. The number of aromatic nitrogens is 2. The Morgan fingerprint density at radius 2 is 2.29 bits per heavy atom. The van der Waals surface area contributed by atoms with E-state index in [-0.39, 0.29) is 5.69 Å². The number of fused-ring (bicyclic) bond motifs is 1. The minimum atomic E-state index is -0.281. The Labute approximate surface area is 89.3 Å². The molecule has 0 unspecified atom stereocenters. The first-order valence-electron chi connectivity index (χ1n) is 4.39. The SMILES string of the molecule is CCc1[nH]c(=O)nc2ccc(Br)cc12. The molecule has 0 bridgehead atoms. The summed E-state index contributed by atoms with van der Waals surface area (Å²) < 4.78 is 0.994. The molecule has 72 valence electrons. The molecule has 2 aromatic rings. The third kappa shape index (κ3) is 1.57. The largest absolute Gasteiger partial charge is 0.345 e. The average Bonchev–Trinajstić information content (AvgIpc) is 2.17. The second kappa shape index (κ2) is 3.53. The van der Waals surface area contributed by atoms with Crippen LogP contribution in [-0.4, -0.2) is 9.97 Å². The van der Waals surface area contributed by atoms with Gasteiger partial charge in [-0.25, -0.2) is 4.79 Å². The van der Waals surface area contributed by atoms with Crippen LogP contribution < -0.4 is 5.69 Å². The number of aryl methyl sites for hydroxylation is 1. The molecule has 1 N–H and O–H groups in total. The molecule has 0 spiro atoms. The van der Waals surface area contributed by atoms with Crippen LogP contribution in [0.25, 0.3) is 10.9 Å². The van der Waals surface area contributed by atoms with Gasteiger partial charge in [-0.3, -0.25) is 0 Å². The van der Waals surface area contributed by atoms with Crippen molar-refractivity contribution in [2.45, 2.75) is 13.3 Å². The fourth-order valence-electron chi connectivity index (χ4n) is 1.46. The van der Waals surface area contributed by atoms with Gasteiger partial charge in [0.1, 0.15) is 0 Å². The van der Waals surface area contributed by atoms with Gasteiger partial charge in [-0.1, -0.05) is 22.9 Å². The maximum absolute atomic E-state index is 11.2. The number of nitrogens with one attached hydrogen (secondary N) is 1. The summed E-state index contributed by atoms with van der Waals surface area (Å²) >= 11 is 3.39. The van der Waals surface area contributed by atoms with Gasteiger partial charge in [-0.05, 0) is 24.6 Å². The molecule has 0 atom stereocenters. The van der Waals surface area contributed by atoms with Crippen LogP contribution in [0.4, 0.5) is 0 Å². The highest BCUT2D eigenvalue weighted by molar-refractivity contribution is 9.10. The summed E-state index contributed by atoms with van der Waals surface area (Å²) in [5.74, 6) is 0. The predicted molar refractivity (Wildman–Crippen MR) is 59.4 cm³/mol. The Morgan fingerprint density at radius 1 is 1.50 bits per heavy atom. The second-order valence-corrected chi connectivity index (χ2v) is 3.95. The van der Waals surface area contributed by atoms with E-state index in [0.29, 0.717) is 0 Å². The molecule has 0 saturated heterocycles. The molecule has 0 saturated carbocycles. The van der Waals surface area contributed by atoms with Crippen LogP contribution in [0.1, 0.15) is 12.6 Å². The lowest BCUT2D eigenvalue weighted by Gasteiger charge is -2.02. The molecule has 1 aromatic carbocycles. The van der Waals surface area contributed by atoms with Crippen molar-refractivity contribution in [2.24, 2.45) is 0 Å². The van der Waals surface area contributed by atoms with Crippen LogP contribution in [0.15, 0.2) is 27.5 Å². The van der Waals surface area contributed by atoms with Crippen LogP contribution in [0, 0.1) is 0 Å². The number of hydrogen-bond acceptors (Lipinski definition) is 2. The Morgan fingerprint density at radius 3 is 3.00 bits per heavy atom. The van der Waals surface area contributed by atoms with E-state index in [2.05, 4.69) is 25.9 Å². The number of rotatable bonds is 1. The number of H-pyrrole nitrogens is 1. The van der Waals surface area contributed by atoms with Gasteiger partial charge >= 0.3 is 5.69 Å². The summed E-state index contributed by atoms with van der Waals surface area (Å²) in [6, 6.07) is 5.69. The van der Waals surface area contributed by atoms with Crippen LogP contribution >= 0.6 is 15.9 Å². The van der Waals surface area contributed by atoms with Crippen molar-refractivity contribution < 1.29 is 0 Å². The zero-order chi connectivity index (χ0) is 10.1. The van der Waals surface area contributed by atoms with E-state index < -0.39 is 0 Å². The molecule has 2 rings (SSSR count). The van der Waals surface area contributed by atoms with Gasteiger partial charge in [-0.15, -0.1) is 0 Å². The van der Waals surface area contributed by atoms with E-state index in [4.69, 9.17) is 0 Å². The fourth-order valence-corrected chi connectivity index (χ4v) is 1.82. The topological polar surface area (TPSA) is 45.8 Å². The van der Waals surface area contributed by atoms with E-state index in [9.17, 15) is 4.79 Å². The van der Waals surface area contributed by atoms with E-state index in [1.165, 1.54) is 0 Å². The Hall–Kier alpha value is -1.16. The highest BCUT2D eigenvalue weighted by Gasteiger charge is 2.02. The Kier molecular flexibility index (Phi) is 2.37. The molecular formula is C10H9BrN2O. The summed E-state index contributed by atoms with van der Waals surface area (Å²) in [6.07, 6.45) is 0.796. The summed E-state index contributed by atoms with van der Waals surface area (Å²) in [5.41, 5.74) is 1.40. The minimum absolute atomic E-state index is 0.281. The van der Waals surface area contributed by atoms with Gasteiger partial charge in [0.05, 0.1) is 5.52 Å². The number of benzene rings is 1. The first-order valence-corrected chi connectivity index (χ1v) is 5.18. The van der Waals surface area contributed by atoms with Gasteiger partial charge in [0.25, 0.3) is 0 Å². The van der Waals surface area contributed by atoms with E-state index in [1.807, 2.05) is 25.1 Å². The van der Waals surface area contributed by atoms with Crippen molar-refractivity contribution in [2.75, 3.05) is 0 Å². The van der Waals surface area contributed by atoms with E-state index >= 15 is 0 Å². The van der Waals surface area contributed by atoms with Gasteiger partial charge in [0.15, 0.2) is 0 Å². The van der Waals surface area contributed by atoms with Crippen molar-refractivity contribution in [1.82, 2.24) is 9.97 Å². The van der Waals surface area contributed by atoms with Crippen LogP contribution in [-0.2, 0) is 6.42 Å². The van der Waals surface area contributed by atoms with E-state index in [0.717, 1.165) is 27.5 Å². The molecule has 1 heterocycles. The first-order chi connectivity index (χ1) is 6.70. The summed E-state index contributed by atoms with van der Waals surface area (Å²) in [6.45, 7) is 2.01. The van der Waals surface area contributed by atoms with Gasteiger partial charge < -0.3 is 4.98 Å². The molecule has 3 nitrogen and oxygen atoms in total. The lowest BCUT2D eigenvalue weighted by Crippen LogP contribution is -2.12. The average molecular weight is 253 g/mol. The number of hydrogen-bond donors (Lipinski definition) is 1. The highest BCUT2D eigenvalue weighted by atomic mass is 79.9. The lowest BCUT2D eigenvalue weighted by molar-refractivity contribution is 0.989. The molecular weight excluding hydrogens is 244 g/mol. The maximum Gasteiger partial charge on any atom is 0.345 e. The molecule has 0 radical (unpaired) electrons. The van der Waals surface area contributed by atoms with E-state index in [1.54, 1.807) is 0 Å². The molecule has 0 amide bonds. The van der Waals surface area contributed by atoms with Crippen molar-refractivity contribution in [1.29, 1.82) is 0 Å². The molecule has 0 aliphatic carbocycles. The van der Waals surface area contributed by atoms with Gasteiger partial charge in [0.2, 0.25) is 0 Å². The number of nitrogens with zero attached hydrogens (tertiary/aromatic N) is 1. The second-order valence-electron chi connectivity index (χ2n) is 3.04. The zero-order valence-electron chi connectivity index (χ0n) is 7.67. The number of halogens is 1. The predicted octanol–water partition coefficient (Wildman–Crippen LogP) is 2.25. The molecule has 4 heteroatoms. The third-order valence-electron chi connectivity index (χ3n) is 2.12. The molecule has 1 aromatic heterocycles. The quantitative estimate of drug-likeness (QED) is 0.847. The van der Waals surface area contributed by atoms with Crippen LogP contribution in [0.2, 0.25) is 0 Å². The smallest absolute Gasteiger partial charge is 0.309 e. The molecule has 0 aliphatic rings. The van der Waals surface area contributed by atoms with Gasteiger partial charge in [-0.2, -0.15) is 4.98 Å². The summed E-state index contributed by atoms with van der Waals surface area (Å²) in [4.78, 5) is 17.8. The summed E-state index contributed by atoms with van der Waals surface area (Å²) in [7, 11) is 0. The van der Waals surface area contributed by atoms with Crippen LogP contribution in [0.5, 0.6) is 0 Å². The molecule has 14 heavy (non-hydrogen) atoms. The number of aromatic amines is 1. The van der Waals surface area contributed by atoms with Crippen molar-refractivity contribution in [3.8, 4) is 0 Å². The molecule has 0 fully saturated rings. The molecule has 0 aliphatic heterocycles. The first kappa shape index (κ1) is 9.40. The zero-order valence-corrected chi connectivity index (χ0v) is 9.26. The highest BCUT2D eigenvalue weighted by Crippen LogP contribution is 2.19. The van der Waals surface area contributed by atoms with Crippen LogP contribution in [0.3, 0.4) is 0 Å². The summed E-state index contributed by atoms with van der Waals surface area (Å²) in [5, 5.41) is 1.00. The van der Waals surface area contributed by atoms with Crippen molar-refractivity contribution >= 4 is 26.8 Å². The maximum atomic E-state index is 11.2. The Bertz CT molecular complexity index is 533. The van der Waals surface area contributed by atoms with Gasteiger partial charge in [0, 0.05) is 15.6 Å². The monoisotopic (exact) mass is 252 g/mol. The lowest BCUT2D eigenvalue weighted by atomic mass is 10.1. The normalized spacial score (nSPS) is 10.7. The van der Waals surface area contributed by atoms with Crippen molar-refractivity contribution in [3.05, 3.63) is 38.9 Å². The third-order valence-corrected chi connectivity index (χ3v) is 2.61. The standard InChI is InChI=1S/C10H9BrN2O/c1-2-8-7-5-6(11)3-4-9(7)13-10(14)12-8/h3-5H,2H2,1H3,(H,12,13,14). The van der Waals surface area contributed by atoms with Crippen molar-refractivity contribution in [3.63, 3.8) is 0 Å². The Balaban J connectivity index is 2.88.